The molecule has 0 saturated carbocycles. The zero-order valence-electron chi connectivity index (χ0n) is 15.4. The van der Waals surface area contributed by atoms with Gasteiger partial charge in [0, 0.05) is 17.7 Å². The second kappa shape index (κ2) is 6.21. The van der Waals surface area contributed by atoms with Gasteiger partial charge in [-0.25, -0.2) is 0 Å². The third-order valence-electron chi connectivity index (χ3n) is 5.23. The Labute approximate surface area is 146 Å². The second-order valence-electron chi connectivity index (χ2n) is 8.02. The first-order chi connectivity index (χ1) is 11.3. The minimum Gasteiger partial charge on any atom is -0.544 e. The lowest BCUT2D eigenvalue weighted by Gasteiger charge is -2.36. The van der Waals surface area contributed by atoms with Crippen molar-refractivity contribution in [3.05, 3.63) is 65.2 Å². The molecule has 2 aromatic rings. The molecule has 0 radical (unpaired) electrons. The summed E-state index contributed by atoms with van der Waals surface area (Å²) in [6.45, 7) is 12.2. The van der Waals surface area contributed by atoms with E-state index in [1.807, 2.05) is 0 Å². The van der Waals surface area contributed by atoms with Gasteiger partial charge in [-0.1, -0.05) is 45.0 Å². The van der Waals surface area contributed by atoms with Crippen molar-refractivity contribution in [2.24, 2.45) is 4.99 Å². The van der Waals surface area contributed by atoms with E-state index in [0.29, 0.717) is 0 Å². The van der Waals surface area contributed by atoms with E-state index in [1.54, 1.807) is 0 Å². The lowest BCUT2D eigenvalue weighted by molar-refractivity contribution is 0.492. The SMILES string of the molecule is CC(C)(C)[Si](C)(C)Oc1ccc(C2=NCCc3ccccc32)cc1. The Morgan fingerprint density at radius 1 is 0.958 bits per heavy atom. The van der Waals surface area contributed by atoms with Gasteiger partial charge in [-0.05, 0) is 54.4 Å². The van der Waals surface area contributed by atoms with Crippen molar-refractivity contribution in [2.45, 2.75) is 45.3 Å². The van der Waals surface area contributed by atoms with Gasteiger partial charge in [-0.15, -0.1) is 0 Å². The lowest BCUT2D eigenvalue weighted by Crippen LogP contribution is -2.43. The van der Waals surface area contributed by atoms with E-state index in [2.05, 4.69) is 82.4 Å². The molecule has 0 unspecified atom stereocenters. The molecule has 1 aliphatic rings. The number of benzene rings is 2. The van der Waals surface area contributed by atoms with Crippen LogP contribution in [-0.4, -0.2) is 20.6 Å². The Kier molecular flexibility index (Phi) is 4.39. The molecule has 0 amide bonds. The lowest BCUT2D eigenvalue weighted by atomic mass is 9.93. The van der Waals surface area contributed by atoms with Gasteiger partial charge >= 0.3 is 0 Å². The van der Waals surface area contributed by atoms with E-state index in [1.165, 1.54) is 16.7 Å². The van der Waals surface area contributed by atoms with Crippen molar-refractivity contribution in [3.8, 4) is 5.75 Å². The molecule has 1 aliphatic heterocycles. The van der Waals surface area contributed by atoms with E-state index < -0.39 is 8.32 Å². The highest BCUT2D eigenvalue weighted by Crippen LogP contribution is 2.37. The van der Waals surface area contributed by atoms with Crippen LogP contribution in [-0.2, 0) is 6.42 Å². The summed E-state index contributed by atoms with van der Waals surface area (Å²) in [7, 11) is -1.79. The monoisotopic (exact) mass is 337 g/mol. The maximum absolute atomic E-state index is 6.38. The van der Waals surface area contributed by atoms with Crippen molar-refractivity contribution in [1.29, 1.82) is 0 Å². The van der Waals surface area contributed by atoms with E-state index in [9.17, 15) is 0 Å². The molecule has 0 saturated heterocycles. The summed E-state index contributed by atoms with van der Waals surface area (Å²) in [6.07, 6.45) is 1.03. The van der Waals surface area contributed by atoms with Crippen LogP contribution in [0.15, 0.2) is 53.5 Å². The molecule has 0 aromatic heterocycles. The van der Waals surface area contributed by atoms with Gasteiger partial charge in [-0.3, -0.25) is 4.99 Å². The quantitative estimate of drug-likeness (QED) is 0.681. The third-order valence-corrected chi connectivity index (χ3v) is 9.59. The maximum Gasteiger partial charge on any atom is 0.250 e. The zero-order chi connectivity index (χ0) is 17.4. The summed E-state index contributed by atoms with van der Waals surface area (Å²) in [5.41, 5.74) is 4.94. The van der Waals surface area contributed by atoms with Crippen LogP contribution in [0.3, 0.4) is 0 Å². The van der Waals surface area contributed by atoms with E-state index in [4.69, 9.17) is 9.42 Å². The fraction of sp³-hybridized carbons (Fsp3) is 0.381. The van der Waals surface area contributed by atoms with Crippen LogP contribution in [0.2, 0.25) is 18.1 Å². The van der Waals surface area contributed by atoms with Crippen LogP contribution >= 0.6 is 0 Å². The Bertz CT molecular complexity index is 754. The maximum atomic E-state index is 6.38. The number of hydrogen-bond acceptors (Lipinski definition) is 2. The van der Waals surface area contributed by atoms with Gasteiger partial charge in [0.25, 0.3) is 0 Å². The molecule has 126 valence electrons. The molecule has 0 spiro atoms. The summed E-state index contributed by atoms with van der Waals surface area (Å²) in [6, 6.07) is 17.1. The molecular weight excluding hydrogens is 310 g/mol. The fourth-order valence-electron chi connectivity index (χ4n) is 2.72. The molecule has 0 aliphatic carbocycles. The largest absolute Gasteiger partial charge is 0.544 e. The standard InChI is InChI=1S/C21H27NOSi/c1-21(2,3)24(4,5)23-18-12-10-17(11-13-18)20-19-9-7-6-8-16(19)14-15-22-20/h6-13H,14-15H2,1-5H3. The molecule has 3 heteroatoms. The van der Waals surface area contributed by atoms with Gasteiger partial charge < -0.3 is 4.43 Å². The van der Waals surface area contributed by atoms with Crippen molar-refractivity contribution >= 4 is 14.0 Å². The normalized spacial score (nSPS) is 14.8. The minimum atomic E-state index is -1.79. The number of nitrogens with zero attached hydrogens (tertiary/aromatic N) is 1. The summed E-state index contributed by atoms with van der Waals surface area (Å²) in [5, 5.41) is 0.206. The number of fused-ring (bicyclic) bond motifs is 1. The molecule has 2 nitrogen and oxygen atoms in total. The minimum absolute atomic E-state index is 0.206. The molecule has 0 N–H and O–H groups in total. The number of hydrogen-bond donors (Lipinski definition) is 0. The van der Waals surface area contributed by atoms with E-state index in [-0.39, 0.29) is 5.04 Å². The first kappa shape index (κ1) is 17.0. The van der Waals surface area contributed by atoms with Crippen LogP contribution in [0.4, 0.5) is 0 Å². The van der Waals surface area contributed by atoms with Gasteiger partial charge in [-0.2, -0.15) is 0 Å². The van der Waals surface area contributed by atoms with Gasteiger partial charge in [0.15, 0.2) is 0 Å². The molecule has 2 aromatic carbocycles. The smallest absolute Gasteiger partial charge is 0.250 e. The van der Waals surface area contributed by atoms with Crippen molar-refractivity contribution < 1.29 is 4.43 Å². The summed E-state index contributed by atoms with van der Waals surface area (Å²) in [4.78, 5) is 4.77. The third kappa shape index (κ3) is 3.32. The van der Waals surface area contributed by atoms with Crippen LogP contribution in [0.25, 0.3) is 0 Å². The Hall–Kier alpha value is -1.87. The average molecular weight is 338 g/mol. The molecule has 0 fully saturated rings. The van der Waals surface area contributed by atoms with Gasteiger partial charge in [0.05, 0.1) is 5.71 Å². The Balaban J connectivity index is 1.85. The topological polar surface area (TPSA) is 21.6 Å². The average Bonchev–Trinajstić information content (AvgIpc) is 2.54. The highest BCUT2D eigenvalue weighted by molar-refractivity contribution is 6.74. The Morgan fingerprint density at radius 3 is 2.29 bits per heavy atom. The van der Waals surface area contributed by atoms with Crippen molar-refractivity contribution in [2.75, 3.05) is 6.54 Å². The Morgan fingerprint density at radius 2 is 1.62 bits per heavy atom. The second-order valence-corrected chi connectivity index (χ2v) is 12.7. The number of aliphatic imine (C=N–C) groups is 1. The fourth-order valence-corrected chi connectivity index (χ4v) is 3.75. The van der Waals surface area contributed by atoms with E-state index in [0.717, 1.165) is 24.4 Å². The van der Waals surface area contributed by atoms with Crippen LogP contribution in [0.1, 0.15) is 37.5 Å². The number of rotatable bonds is 3. The van der Waals surface area contributed by atoms with Gasteiger partial charge in [0.1, 0.15) is 5.75 Å². The predicted molar refractivity (Wildman–Crippen MR) is 105 cm³/mol. The van der Waals surface area contributed by atoms with Crippen molar-refractivity contribution in [1.82, 2.24) is 0 Å². The first-order valence-corrected chi connectivity index (χ1v) is 11.6. The van der Waals surface area contributed by atoms with Crippen LogP contribution in [0, 0.1) is 0 Å². The highest BCUT2D eigenvalue weighted by Gasteiger charge is 2.38. The molecule has 24 heavy (non-hydrogen) atoms. The summed E-state index contributed by atoms with van der Waals surface area (Å²) in [5.74, 6) is 0.968. The molecule has 3 rings (SSSR count). The predicted octanol–water partition coefficient (Wildman–Crippen LogP) is 5.46. The van der Waals surface area contributed by atoms with E-state index >= 15 is 0 Å². The first-order valence-electron chi connectivity index (χ1n) is 8.70. The molecule has 1 heterocycles. The van der Waals surface area contributed by atoms with Crippen molar-refractivity contribution in [3.63, 3.8) is 0 Å². The molecular formula is C21H27NOSi. The van der Waals surface area contributed by atoms with Gasteiger partial charge in [0.2, 0.25) is 8.32 Å². The summed E-state index contributed by atoms with van der Waals surface area (Å²) < 4.78 is 6.38. The van der Waals surface area contributed by atoms with Crippen LogP contribution in [0.5, 0.6) is 5.75 Å². The summed E-state index contributed by atoms with van der Waals surface area (Å²) >= 11 is 0. The molecule has 0 atom stereocenters. The highest BCUT2D eigenvalue weighted by atomic mass is 28.4. The molecule has 0 bridgehead atoms. The zero-order valence-corrected chi connectivity index (χ0v) is 16.4. The van der Waals surface area contributed by atoms with Crippen LogP contribution < -0.4 is 4.43 Å².